The van der Waals surface area contributed by atoms with E-state index in [0.717, 1.165) is 11.3 Å². The lowest BCUT2D eigenvalue weighted by molar-refractivity contribution is 0.0693. The number of carbonyl (C=O) groups is 2. The van der Waals surface area contributed by atoms with Crippen molar-refractivity contribution in [2.24, 2.45) is 0 Å². The van der Waals surface area contributed by atoms with Crippen molar-refractivity contribution >= 4 is 11.9 Å². The molecule has 0 unspecified atom stereocenters. The van der Waals surface area contributed by atoms with Crippen molar-refractivity contribution in [3.05, 3.63) is 53.0 Å². The van der Waals surface area contributed by atoms with Gasteiger partial charge in [-0.25, -0.2) is 4.79 Å². The lowest BCUT2D eigenvalue weighted by atomic mass is 10.1. The highest BCUT2D eigenvalue weighted by Crippen LogP contribution is 2.20. The molecule has 0 fully saturated rings. The lowest BCUT2D eigenvalue weighted by Gasteiger charge is -2.16. The largest absolute Gasteiger partial charge is 0.496 e. The van der Waals surface area contributed by atoms with Crippen molar-refractivity contribution in [3.63, 3.8) is 0 Å². The zero-order valence-electron chi connectivity index (χ0n) is 14.0. The van der Waals surface area contributed by atoms with Crippen molar-refractivity contribution < 1.29 is 23.8 Å². The van der Waals surface area contributed by atoms with E-state index < -0.39 is 5.97 Å². The number of methoxy groups -OCH3 is 1. The molecule has 0 spiro atoms. The number of furan rings is 1. The SMILES string of the molecule is CCc1oc(C(=O)N(C)CCc2ccccc2OC)cc1C(=O)O. The summed E-state index contributed by atoms with van der Waals surface area (Å²) < 4.78 is 10.7. The zero-order valence-corrected chi connectivity index (χ0v) is 14.0. The van der Waals surface area contributed by atoms with Gasteiger partial charge in [0.25, 0.3) is 5.91 Å². The molecule has 2 aromatic rings. The van der Waals surface area contributed by atoms with E-state index in [4.69, 9.17) is 14.3 Å². The van der Waals surface area contributed by atoms with E-state index in [1.54, 1.807) is 21.1 Å². The first kappa shape index (κ1) is 17.6. The molecule has 0 saturated heterocycles. The van der Waals surface area contributed by atoms with Crippen molar-refractivity contribution in [2.75, 3.05) is 20.7 Å². The van der Waals surface area contributed by atoms with Gasteiger partial charge in [-0.15, -0.1) is 0 Å². The third-order valence-electron chi connectivity index (χ3n) is 3.83. The van der Waals surface area contributed by atoms with Crippen LogP contribution in [0.4, 0.5) is 0 Å². The minimum atomic E-state index is -1.09. The molecular weight excluding hydrogens is 310 g/mol. The number of ether oxygens (including phenoxy) is 1. The number of carboxylic acids is 1. The van der Waals surface area contributed by atoms with Crippen LogP contribution >= 0.6 is 0 Å². The van der Waals surface area contributed by atoms with Crippen molar-refractivity contribution in [2.45, 2.75) is 19.8 Å². The van der Waals surface area contributed by atoms with Crippen molar-refractivity contribution in [1.82, 2.24) is 4.90 Å². The molecule has 6 heteroatoms. The molecule has 0 saturated carbocycles. The summed E-state index contributed by atoms with van der Waals surface area (Å²) >= 11 is 0. The standard InChI is InChI=1S/C18H21NO5/c1-4-14-13(18(21)22)11-16(24-14)17(20)19(2)10-9-12-7-5-6-8-15(12)23-3/h5-8,11H,4,9-10H2,1-3H3,(H,21,22). The van der Waals surface area contributed by atoms with Gasteiger partial charge in [-0.1, -0.05) is 25.1 Å². The zero-order chi connectivity index (χ0) is 17.7. The van der Waals surface area contributed by atoms with Crippen LogP contribution < -0.4 is 4.74 Å². The quantitative estimate of drug-likeness (QED) is 0.844. The number of rotatable bonds is 7. The minimum absolute atomic E-state index is 0.0407. The van der Waals surface area contributed by atoms with Gasteiger partial charge in [-0.3, -0.25) is 4.79 Å². The minimum Gasteiger partial charge on any atom is -0.496 e. The van der Waals surface area contributed by atoms with Crippen LogP contribution in [-0.2, 0) is 12.8 Å². The van der Waals surface area contributed by atoms with Crippen LogP contribution in [0.1, 0.15) is 39.2 Å². The number of benzene rings is 1. The Morgan fingerprint density at radius 3 is 2.58 bits per heavy atom. The third-order valence-corrected chi connectivity index (χ3v) is 3.83. The van der Waals surface area contributed by atoms with E-state index in [2.05, 4.69) is 0 Å². The van der Waals surface area contributed by atoms with E-state index in [-0.39, 0.29) is 17.2 Å². The molecule has 1 aromatic heterocycles. The molecule has 2 rings (SSSR count). The van der Waals surface area contributed by atoms with E-state index in [9.17, 15) is 9.59 Å². The van der Waals surface area contributed by atoms with Crippen LogP contribution in [-0.4, -0.2) is 42.6 Å². The summed E-state index contributed by atoms with van der Waals surface area (Å²) in [6.07, 6.45) is 1.04. The first-order valence-corrected chi connectivity index (χ1v) is 7.71. The van der Waals surface area contributed by atoms with Gasteiger partial charge in [-0.2, -0.15) is 0 Å². The number of aromatic carboxylic acids is 1. The number of hydrogen-bond acceptors (Lipinski definition) is 4. The summed E-state index contributed by atoms with van der Waals surface area (Å²) in [4.78, 5) is 25.1. The van der Waals surface area contributed by atoms with E-state index in [1.165, 1.54) is 11.0 Å². The normalized spacial score (nSPS) is 10.5. The fourth-order valence-electron chi connectivity index (χ4n) is 2.47. The van der Waals surface area contributed by atoms with Gasteiger partial charge < -0.3 is 19.2 Å². The molecular formula is C18H21NO5. The highest BCUT2D eigenvalue weighted by molar-refractivity contribution is 5.96. The first-order chi connectivity index (χ1) is 11.5. The second kappa shape index (κ2) is 7.68. The predicted octanol–water partition coefficient (Wildman–Crippen LogP) is 2.86. The molecule has 1 N–H and O–H groups in total. The number of likely N-dealkylation sites (N-methyl/N-ethyl adjacent to an activating group) is 1. The Bertz CT molecular complexity index is 735. The Morgan fingerprint density at radius 2 is 2.00 bits per heavy atom. The number of carbonyl (C=O) groups excluding carboxylic acids is 1. The molecule has 0 aliphatic carbocycles. The summed E-state index contributed by atoms with van der Waals surface area (Å²) in [6.45, 7) is 2.24. The predicted molar refractivity (Wildman–Crippen MR) is 88.7 cm³/mol. The van der Waals surface area contributed by atoms with Crippen LogP contribution in [0.2, 0.25) is 0 Å². The number of hydrogen-bond donors (Lipinski definition) is 1. The highest BCUT2D eigenvalue weighted by Gasteiger charge is 2.22. The molecule has 1 aromatic carbocycles. The molecule has 0 aliphatic rings. The number of aryl methyl sites for hydroxylation is 1. The summed E-state index contributed by atoms with van der Waals surface area (Å²) in [5, 5.41) is 9.14. The molecule has 128 valence electrons. The maximum Gasteiger partial charge on any atom is 0.339 e. The Kier molecular flexibility index (Phi) is 5.63. The Hall–Kier alpha value is -2.76. The molecule has 24 heavy (non-hydrogen) atoms. The Balaban J connectivity index is 2.08. The van der Waals surface area contributed by atoms with Gasteiger partial charge in [0.15, 0.2) is 5.76 Å². The fraction of sp³-hybridized carbons (Fsp3) is 0.333. The van der Waals surface area contributed by atoms with Gasteiger partial charge in [-0.05, 0) is 18.1 Å². The Morgan fingerprint density at radius 1 is 1.29 bits per heavy atom. The number of carboxylic acid groups (broad SMARTS) is 1. The van der Waals surface area contributed by atoms with Gasteiger partial charge in [0.05, 0.1) is 7.11 Å². The van der Waals surface area contributed by atoms with E-state index in [0.29, 0.717) is 25.1 Å². The molecule has 0 bridgehead atoms. The fourth-order valence-corrected chi connectivity index (χ4v) is 2.47. The third kappa shape index (κ3) is 3.76. The lowest BCUT2D eigenvalue weighted by Crippen LogP contribution is -2.28. The van der Waals surface area contributed by atoms with E-state index >= 15 is 0 Å². The van der Waals surface area contributed by atoms with Gasteiger partial charge >= 0.3 is 5.97 Å². The monoisotopic (exact) mass is 331 g/mol. The second-order valence-electron chi connectivity index (χ2n) is 5.39. The summed E-state index contributed by atoms with van der Waals surface area (Å²) in [5.41, 5.74) is 1.04. The van der Waals surface area contributed by atoms with Crippen LogP contribution in [0.15, 0.2) is 34.7 Å². The van der Waals surface area contributed by atoms with Crippen LogP contribution in [0, 0.1) is 0 Å². The van der Waals surface area contributed by atoms with Crippen LogP contribution in [0.25, 0.3) is 0 Å². The van der Waals surface area contributed by atoms with E-state index in [1.807, 2.05) is 24.3 Å². The summed E-state index contributed by atoms with van der Waals surface area (Å²) in [6, 6.07) is 8.92. The maximum atomic E-state index is 12.4. The summed E-state index contributed by atoms with van der Waals surface area (Å²) in [7, 11) is 3.27. The first-order valence-electron chi connectivity index (χ1n) is 7.71. The van der Waals surface area contributed by atoms with Crippen molar-refractivity contribution in [3.8, 4) is 5.75 Å². The van der Waals surface area contributed by atoms with Gasteiger partial charge in [0.2, 0.25) is 0 Å². The average molecular weight is 331 g/mol. The molecule has 1 amide bonds. The smallest absolute Gasteiger partial charge is 0.339 e. The topological polar surface area (TPSA) is 80.0 Å². The van der Waals surface area contributed by atoms with Crippen LogP contribution in [0.3, 0.4) is 0 Å². The van der Waals surface area contributed by atoms with Crippen molar-refractivity contribution in [1.29, 1.82) is 0 Å². The van der Waals surface area contributed by atoms with Gasteiger partial charge in [0, 0.05) is 26.1 Å². The Labute approximate surface area is 140 Å². The second-order valence-corrected chi connectivity index (χ2v) is 5.39. The average Bonchev–Trinajstić information content (AvgIpc) is 3.03. The highest BCUT2D eigenvalue weighted by atomic mass is 16.5. The summed E-state index contributed by atoms with van der Waals surface area (Å²) in [5.74, 6) is -0.299. The number of para-hydroxylation sites is 1. The molecule has 0 atom stereocenters. The molecule has 6 nitrogen and oxygen atoms in total. The molecule has 0 aliphatic heterocycles. The number of amides is 1. The molecule has 1 heterocycles. The molecule has 0 radical (unpaired) electrons. The number of nitrogens with zero attached hydrogens (tertiary/aromatic N) is 1. The van der Waals surface area contributed by atoms with Crippen LogP contribution in [0.5, 0.6) is 5.75 Å². The van der Waals surface area contributed by atoms with Gasteiger partial charge in [0.1, 0.15) is 17.1 Å². The maximum absolute atomic E-state index is 12.4.